The molecule has 1 aromatic carbocycles. The van der Waals surface area contributed by atoms with Gasteiger partial charge in [-0.15, -0.1) is 0 Å². The molecule has 208 valence electrons. The van der Waals surface area contributed by atoms with E-state index < -0.39 is 54.0 Å². The molecular formula is C26H38N6O6. The zero-order chi connectivity index (χ0) is 27.8. The van der Waals surface area contributed by atoms with Crippen LogP contribution >= 0.6 is 0 Å². The lowest BCUT2D eigenvalue weighted by atomic mass is 10.0. The highest BCUT2D eigenvalue weighted by Crippen LogP contribution is 2.21. The first-order valence-electron chi connectivity index (χ1n) is 13.0. The Balaban J connectivity index is 1.70. The Morgan fingerprint density at radius 3 is 2.61 bits per heavy atom. The molecule has 5 unspecified atom stereocenters. The van der Waals surface area contributed by atoms with Crippen LogP contribution in [0.25, 0.3) is 10.9 Å². The van der Waals surface area contributed by atoms with Gasteiger partial charge in [-0.05, 0) is 63.6 Å². The first-order chi connectivity index (χ1) is 18.1. The molecule has 1 aliphatic rings. The van der Waals surface area contributed by atoms with Crippen molar-refractivity contribution in [2.24, 2.45) is 11.5 Å². The summed E-state index contributed by atoms with van der Waals surface area (Å²) in [6.07, 6.45) is 3.20. The molecule has 3 rings (SSSR count). The molecule has 38 heavy (non-hydrogen) atoms. The molecule has 5 atom stereocenters. The molecule has 0 spiro atoms. The average molecular weight is 531 g/mol. The SMILES string of the molecule is CC(O)C(NC(=O)C1CCCN1C(=O)C(CCCCN)NC(=O)C(N)Cc1c[nH]c2ccccc12)C(=O)O. The van der Waals surface area contributed by atoms with Crippen LogP contribution < -0.4 is 22.1 Å². The van der Waals surface area contributed by atoms with Crippen LogP contribution in [0.5, 0.6) is 0 Å². The molecule has 0 radical (unpaired) electrons. The number of hydrogen-bond acceptors (Lipinski definition) is 7. The molecular weight excluding hydrogens is 492 g/mol. The molecule has 0 saturated carbocycles. The van der Waals surface area contributed by atoms with Gasteiger partial charge in [-0.3, -0.25) is 14.4 Å². The third-order valence-corrected chi connectivity index (χ3v) is 6.90. The lowest BCUT2D eigenvalue weighted by Crippen LogP contribution is -2.58. The van der Waals surface area contributed by atoms with Gasteiger partial charge in [-0.2, -0.15) is 0 Å². The number of nitrogens with two attached hydrogens (primary N) is 2. The van der Waals surface area contributed by atoms with Crippen molar-refractivity contribution >= 4 is 34.6 Å². The number of fused-ring (bicyclic) bond motifs is 1. The summed E-state index contributed by atoms with van der Waals surface area (Å²) in [6, 6.07) is 3.46. The molecule has 12 nitrogen and oxygen atoms in total. The largest absolute Gasteiger partial charge is 0.480 e. The minimum Gasteiger partial charge on any atom is -0.480 e. The maximum absolute atomic E-state index is 13.5. The first-order valence-corrected chi connectivity index (χ1v) is 13.0. The van der Waals surface area contributed by atoms with Gasteiger partial charge < -0.3 is 42.2 Å². The summed E-state index contributed by atoms with van der Waals surface area (Å²) in [6.45, 7) is 1.98. The van der Waals surface area contributed by atoms with Crippen LogP contribution in [0.2, 0.25) is 0 Å². The molecule has 1 fully saturated rings. The summed E-state index contributed by atoms with van der Waals surface area (Å²) >= 11 is 0. The molecule has 2 aromatic rings. The van der Waals surface area contributed by atoms with Gasteiger partial charge in [0.2, 0.25) is 17.7 Å². The summed E-state index contributed by atoms with van der Waals surface area (Å²) in [7, 11) is 0. The van der Waals surface area contributed by atoms with E-state index in [1.807, 2.05) is 30.5 Å². The third-order valence-electron chi connectivity index (χ3n) is 6.90. The maximum Gasteiger partial charge on any atom is 0.328 e. The Labute approximate surface area is 221 Å². The predicted octanol–water partition coefficient (Wildman–Crippen LogP) is -0.407. The van der Waals surface area contributed by atoms with E-state index in [0.717, 1.165) is 16.5 Å². The zero-order valence-corrected chi connectivity index (χ0v) is 21.6. The number of aliphatic carboxylic acids is 1. The van der Waals surface area contributed by atoms with E-state index in [1.54, 1.807) is 0 Å². The number of para-hydroxylation sites is 1. The number of unbranched alkanes of at least 4 members (excludes halogenated alkanes) is 1. The molecule has 1 aromatic heterocycles. The number of aliphatic hydroxyl groups excluding tert-OH is 1. The Kier molecular flexibility index (Phi) is 10.2. The van der Waals surface area contributed by atoms with Crippen molar-refractivity contribution in [2.45, 2.75) is 75.7 Å². The zero-order valence-electron chi connectivity index (χ0n) is 21.6. The van der Waals surface area contributed by atoms with Gasteiger partial charge in [0.25, 0.3) is 0 Å². The monoisotopic (exact) mass is 530 g/mol. The van der Waals surface area contributed by atoms with E-state index >= 15 is 0 Å². The molecule has 0 bridgehead atoms. The van der Waals surface area contributed by atoms with E-state index in [0.29, 0.717) is 38.6 Å². The minimum absolute atomic E-state index is 0.268. The molecule has 1 saturated heterocycles. The number of rotatable bonds is 13. The highest BCUT2D eigenvalue weighted by atomic mass is 16.4. The van der Waals surface area contributed by atoms with Gasteiger partial charge in [0, 0.05) is 23.6 Å². The van der Waals surface area contributed by atoms with Gasteiger partial charge in [-0.1, -0.05) is 18.2 Å². The number of benzene rings is 1. The Morgan fingerprint density at radius 1 is 1.18 bits per heavy atom. The van der Waals surface area contributed by atoms with Crippen LogP contribution in [0.1, 0.15) is 44.6 Å². The fourth-order valence-corrected chi connectivity index (χ4v) is 4.80. The van der Waals surface area contributed by atoms with E-state index in [9.17, 15) is 29.4 Å². The number of nitrogens with one attached hydrogen (secondary N) is 3. The molecule has 3 amide bonds. The number of nitrogens with zero attached hydrogens (tertiary/aromatic N) is 1. The van der Waals surface area contributed by atoms with E-state index in [4.69, 9.17) is 11.5 Å². The Bertz CT molecular complexity index is 1130. The van der Waals surface area contributed by atoms with E-state index in [1.165, 1.54) is 11.8 Å². The van der Waals surface area contributed by atoms with Gasteiger partial charge in [0.1, 0.15) is 12.1 Å². The van der Waals surface area contributed by atoms with Gasteiger partial charge in [0.15, 0.2) is 6.04 Å². The Morgan fingerprint density at radius 2 is 1.92 bits per heavy atom. The number of aliphatic hydroxyl groups is 1. The summed E-state index contributed by atoms with van der Waals surface area (Å²) in [4.78, 5) is 55.4. The fraction of sp³-hybridized carbons (Fsp3) is 0.538. The Hall–Kier alpha value is -3.48. The lowest BCUT2D eigenvalue weighted by Gasteiger charge is -2.30. The van der Waals surface area contributed by atoms with Crippen molar-refractivity contribution in [2.75, 3.05) is 13.1 Å². The number of carbonyl (C=O) groups excluding carboxylic acids is 3. The molecule has 2 heterocycles. The smallest absolute Gasteiger partial charge is 0.328 e. The van der Waals surface area contributed by atoms with Gasteiger partial charge >= 0.3 is 5.97 Å². The topological polar surface area (TPSA) is 204 Å². The van der Waals surface area contributed by atoms with Crippen molar-refractivity contribution in [1.82, 2.24) is 20.5 Å². The van der Waals surface area contributed by atoms with E-state index in [-0.39, 0.29) is 13.0 Å². The number of carbonyl (C=O) groups is 4. The third kappa shape index (κ3) is 7.09. The fourth-order valence-electron chi connectivity index (χ4n) is 4.80. The normalized spacial score (nSPS) is 18.5. The van der Waals surface area contributed by atoms with Crippen LogP contribution in [0, 0.1) is 0 Å². The highest BCUT2D eigenvalue weighted by molar-refractivity contribution is 5.95. The molecule has 12 heteroatoms. The van der Waals surface area contributed by atoms with E-state index in [2.05, 4.69) is 15.6 Å². The summed E-state index contributed by atoms with van der Waals surface area (Å²) in [5, 5.41) is 25.1. The molecule has 1 aliphatic heterocycles. The van der Waals surface area contributed by atoms with Gasteiger partial charge in [0.05, 0.1) is 12.1 Å². The average Bonchev–Trinajstić information content (AvgIpc) is 3.53. The quantitative estimate of drug-likeness (QED) is 0.169. The second-order valence-corrected chi connectivity index (χ2v) is 9.77. The summed E-state index contributed by atoms with van der Waals surface area (Å²) in [5.74, 6) is -2.95. The van der Waals surface area contributed by atoms with Crippen LogP contribution in [-0.4, -0.2) is 87.1 Å². The number of aromatic amines is 1. The minimum atomic E-state index is -1.50. The van der Waals surface area contributed by atoms with Crippen molar-refractivity contribution in [3.8, 4) is 0 Å². The number of hydrogen-bond donors (Lipinski definition) is 7. The summed E-state index contributed by atoms with van der Waals surface area (Å²) < 4.78 is 0. The number of carboxylic acid groups (broad SMARTS) is 1. The molecule has 9 N–H and O–H groups in total. The van der Waals surface area contributed by atoms with Crippen LogP contribution in [0.3, 0.4) is 0 Å². The second-order valence-electron chi connectivity index (χ2n) is 9.77. The number of carboxylic acids is 1. The van der Waals surface area contributed by atoms with Crippen molar-refractivity contribution in [1.29, 1.82) is 0 Å². The van der Waals surface area contributed by atoms with Crippen molar-refractivity contribution < 1.29 is 29.4 Å². The lowest BCUT2D eigenvalue weighted by molar-refractivity contribution is -0.147. The maximum atomic E-state index is 13.5. The molecule has 0 aliphatic carbocycles. The van der Waals surface area contributed by atoms with Crippen molar-refractivity contribution in [3.05, 3.63) is 36.0 Å². The van der Waals surface area contributed by atoms with Crippen LogP contribution in [0.4, 0.5) is 0 Å². The number of amides is 3. The predicted molar refractivity (Wildman–Crippen MR) is 141 cm³/mol. The number of aromatic nitrogens is 1. The summed E-state index contributed by atoms with van der Waals surface area (Å²) in [5.41, 5.74) is 13.7. The van der Waals surface area contributed by atoms with Crippen molar-refractivity contribution in [3.63, 3.8) is 0 Å². The second kappa shape index (κ2) is 13.4. The van der Waals surface area contributed by atoms with Gasteiger partial charge in [-0.25, -0.2) is 4.79 Å². The van der Waals surface area contributed by atoms with Crippen LogP contribution in [-0.2, 0) is 25.6 Å². The van der Waals surface area contributed by atoms with Crippen LogP contribution in [0.15, 0.2) is 30.5 Å². The number of H-pyrrole nitrogens is 1. The highest BCUT2D eigenvalue weighted by Gasteiger charge is 2.39. The first kappa shape index (κ1) is 29.1. The standard InChI is InChI=1S/C26H38N6O6/c1-15(33)22(26(37)38)31-24(35)21-10-6-12-32(21)25(36)20(9-4-5-11-27)30-23(34)18(28)13-16-14-29-19-8-3-2-7-17(16)19/h2-3,7-8,14-15,18,20-22,29,33H,4-6,9-13,27-28H2,1H3,(H,30,34)(H,31,35)(H,37,38). The number of likely N-dealkylation sites (tertiary alicyclic amines) is 1.